The van der Waals surface area contributed by atoms with Gasteiger partial charge in [-0.05, 0) is 30.7 Å². The second-order valence-corrected chi connectivity index (χ2v) is 7.20. The lowest BCUT2D eigenvalue weighted by Crippen LogP contribution is -2.43. The molecule has 2 aromatic carbocycles. The zero-order valence-corrected chi connectivity index (χ0v) is 17.6. The van der Waals surface area contributed by atoms with Gasteiger partial charge in [-0.2, -0.15) is 5.10 Å². The van der Waals surface area contributed by atoms with Crippen molar-refractivity contribution in [1.82, 2.24) is 15.1 Å². The summed E-state index contributed by atoms with van der Waals surface area (Å²) in [5.41, 5.74) is 7.63. The number of carbonyl (C=O) groups is 2. The van der Waals surface area contributed by atoms with Gasteiger partial charge < -0.3 is 15.8 Å². The number of rotatable bonds is 8. The van der Waals surface area contributed by atoms with Crippen LogP contribution in [0.25, 0.3) is 11.3 Å². The molecule has 0 aliphatic rings. The van der Waals surface area contributed by atoms with Crippen molar-refractivity contribution in [3.8, 4) is 11.3 Å². The zero-order valence-electron chi connectivity index (χ0n) is 16.8. The fourth-order valence-electron chi connectivity index (χ4n) is 2.97. The number of ether oxygens (including phenoxy) is 1. The predicted octanol–water partition coefficient (Wildman–Crippen LogP) is 3.16. The monoisotopic (exact) mass is 444 g/mol. The van der Waals surface area contributed by atoms with E-state index in [9.17, 15) is 14.0 Å². The first-order valence-electron chi connectivity index (χ1n) is 9.65. The second kappa shape index (κ2) is 10.2. The molecule has 31 heavy (non-hydrogen) atoms. The van der Waals surface area contributed by atoms with Crippen molar-refractivity contribution < 1.29 is 18.7 Å². The Hall–Kier alpha value is -3.23. The molecular formula is C22H22ClFN4O3. The van der Waals surface area contributed by atoms with Gasteiger partial charge in [0.15, 0.2) is 0 Å². The molecule has 0 aliphatic carbocycles. The first kappa shape index (κ1) is 22.5. The van der Waals surface area contributed by atoms with E-state index < -0.39 is 23.7 Å². The summed E-state index contributed by atoms with van der Waals surface area (Å²) < 4.78 is 20.9. The Bertz CT molecular complexity index is 1070. The van der Waals surface area contributed by atoms with Crippen LogP contribution < -0.4 is 11.1 Å². The quantitative estimate of drug-likeness (QED) is 0.520. The second-order valence-electron chi connectivity index (χ2n) is 6.80. The number of esters is 1. The molecule has 162 valence electrons. The van der Waals surface area contributed by atoms with Crippen LogP contribution in [0.4, 0.5) is 4.39 Å². The van der Waals surface area contributed by atoms with E-state index >= 15 is 0 Å². The van der Waals surface area contributed by atoms with Crippen LogP contribution in [0.5, 0.6) is 0 Å². The van der Waals surface area contributed by atoms with Gasteiger partial charge in [0.25, 0.3) is 5.91 Å². The fraction of sp³-hybridized carbons (Fsp3) is 0.227. The molecule has 0 radical (unpaired) electrons. The number of hydrogen-bond acceptors (Lipinski definition) is 5. The van der Waals surface area contributed by atoms with Gasteiger partial charge >= 0.3 is 5.97 Å². The van der Waals surface area contributed by atoms with Crippen LogP contribution in [-0.2, 0) is 22.7 Å². The van der Waals surface area contributed by atoms with Crippen LogP contribution in [0.2, 0.25) is 5.02 Å². The topological polar surface area (TPSA) is 99.2 Å². The number of benzene rings is 2. The Morgan fingerprint density at radius 3 is 2.71 bits per heavy atom. The number of aryl methyl sites for hydroxylation is 1. The van der Waals surface area contributed by atoms with Crippen LogP contribution in [0.3, 0.4) is 0 Å². The van der Waals surface area contributed by atoms with Crippen LogP contribution in [-0.4, -0.2) is 34.2 Å². The van der Waals surface area contributed by atoms with Crippen molar-refractivity contribution in [3.63, 3.8) is 0 Å². The Morgan fingerprint density at radius 1 is 1.26 bits per heavy atom. The van der Waals surface area contributed by atoms with E-state index in [-0.39, 0.29) is 18.7 Å². The number of halogens is 2. The zero-order chi connectivity index (χ0) is 22.4. The largest absolute Gasteiger partial charge is 0.460 e. The molecule has 7 nitrogen and oxygen atoms in total. The van der Waals surface area contributed by atoms with E-state index in [0.717, 1.165) is 11.6 Å². The van der Waals surface area contributed by atoms with Gasteiger partial charge in [0.05, 0.1) is 16.9 Å². The maximum Gasteiger partial charge on any atom is 0.325 e. The average Bonchev–Trinajstić information content (AvgIpc) is 3.16. The summed E-state index contributed by atoms with van der Waals surface area (Å²) in [5, 5.41) is 7.01. The Labute approximate surface area is 184 Å². The number of carbonyl (C=O) groups excluding carboxylic acids is 2. The van der Waals surface area contributed by atoms with Crippen LogP contribution in [0.15, 0.2) is 54.7 Å². The molecule has 3 N–H and O–H groups in total. The highest BCUT2D eigenvalue weighted by Crippen LogP contribution is 2.29. The molecule has 3 aromatic rings. The molecule has 1 amide bonds. The summed E-state index contributed by atoms with van der Waals surface area (Å²) in [6.45, 7) is 2.32. The van der Waals surface area contributed by atoms with Gasteiger partial charge in [0, 0.05) is 24.2 Å². The minimum absolute atomic E-state index is 0.0692. The molecule has 0 fully saturated rings. The summed E-state index contributed by atoms with van der Waals surface area (Å²) in [6.07, 6.45) is 1.46. The van der Waals surface area contributed by atoms with Crippen LogP contribution >= 0.6 is 11.6 Å². The number of nitrogens with zero attached hydrogens (tertiary/aromatic N) is 2. The third-order valence-corrected chi connectivity index (χ3v) is 4.81. The lowest BCUT2D eigenvalue weighted by molar-refractivity contribution is -0.146. The summed E-state index contributed by atoms with van der Waals surface area (Å²) in [7, 11) is 0. The van der Waals surface area contributed by atoms with Crippen LogP contribution in [0, 0.1) is 5.82 Å². The molecule has 0 spiro atoms. The first-order chi connectivity index (χ1) is 14.9. The van der Waals surface area contributed by atoms with Gasteiger partial charge in [-0.25, -0.2) is 4.39 Å². The molecule has 0 saturated heterocycles. The minimum atomic E-state index is -1.06. The predicted molar refractivity (Wildman–Crippen MR) is 115 cm³/mol. The van der Waals surface area contributed by atoms with Gasteiger partial charge in [-0.1, -0.05) is 41.9 Å². The summed E-state index contributed by atoms with van der Waals surface area (Å²) >= 11 is 6.18. The summed E-state index contributed by atoms with van der Waals surface area (Å²) in [4.78, 5) is 24.6. The minimum Gasteiger partial charge on any atom is -0.460 e. The Kier molecular flexibility index (Phi) is 7.38. The average molecular weight is 445 g/mol. The highest BCUT2D eigenvalue weighted by atomic mass is 35.5. The Balaban J connectivity index is 1.63. The molecule has 0 bridgehead atoms. The lowest BCUT2D eigenvalue weighted by Gasteiger charge is -2.13. The van der Waals surface area contributed by atoms with E-state index in [0.29, 0.717) is 22.8 Å². The van der Waals surface area contributed by atoms with Crippen molar-refractivity contribution in [2.75, 3.05) is 6.54 Å². The van der Waals surface area contributed by atoms with Gasteiger partial charge in [-0.15, -0.1) is 0 Å². The Morgan fingerprint density at radius 2 is 2.00 bits per heavy atom. The van der Waals surface area contributed by atoms with Crippen molar-refractivity contribution in [1.29, 1.82) is 0 Å². The van der Waals surface area contributed by atoms with Crippen molar-refractivity contribution in [2.45, 2.75) is 26.1 Å². The van der Waals surface area contributed by atoms with Crippen molar-refractivity contribution >= 4 is 23.5 Å². The van der Waals surface area contributed by atoms with Gasteiger partial charge in [0.1, 0.15) is 18.5 Å². The fourth-order valence-corrected chi connectivity index (χ4v) is 3.22. The number of hydrogen-bond donors (Lipinski definition) is 2. The number of nitrogens with one attached hydrogen (secondary N) is 1. The molecule has 1 atom stereocenters. The molecule has 0 saturated carbocycles. The van der Waals surface area contributed by atoms with E-state index in [4.69, 9.17) is 22.1 Å². The van der Waals surface area contributed by atoms with Crippen LogP contribution in [0.1, 0.15) is 22.8 Å². The van der Waals surface area contributed by atoms with E-state index in [1.165, 1.54) is 18.3 Å². The van der Waals surface area contributed by atoms with Gasteiger partial charge in [-0.3, -0.25) is 14.3 Å². The SMILES string of the molecule is CCn1ncc(Cl)c1-c1cc(F)cc(C(=O)NC[C@@H](N)C(=O)OCc2ccccc2)c1. The highest BCUT2D eigenvalue weighted by Gasteiger charge is 2.19. The van der Waals surface area contributed by atoms with Gasteiger partial charge in [0.2, 0.25) is 0 Å². The smallest absolute Gasteiger partial charge is 0.325 e. The third kappa shape index (κ3) is 5.68. The molecule has 9 heteroatoms. The first-order valence-corrected chi connectivity index (χ1v) is 10.0. The molecule has 3 rings (SSSR count). The maximum atomic E-state index is 14.2. The molecule has 1 aromatic heterocycles. The number of aromatic nitrogens is 2. The lowest BCUT2D eigenvalue weighted by atomic mass is 10.1. The molecule has 0 unspecified atom stereocenters. The maximum absolute atomic E-state index is 14.2. The van der Waals surface area contributed by atoms with E-state index in [1.54, 1.807) is 4.68 Å². The highest BCUT2D eigenvalue weighted by molar-refractivity contribution is 6.33. The normalized spacial score (nSPS) is 11.7. The standard InChI is InChI=1S/C22H22ClFN4O3/c1-2-28-20(18(23)11-27-28)15-8-16(10-17(24)9-15)21(29)26-12-19(25)22(30)31-13-14-6-4-3-5-7-14/h3-11,19H,2,12-13,25H2,1H3,(H,26,29)/t19-/m1/s1. The van der Waals surface area contributed by atoms with Crippen molar-refractivity contribution in [3.05, 3.63) is 76.7 Å². The summed E-state index contributed by atoms with van der Waals surface area (Å²) in [5.74, 6) is -1.83. The van der Waals surface area contributed by atoms with Crippen molar-refractivity contribution in [2.24, 2.45) is 5.73 Å². The summed E-state index contributed by atoms with van der Waals surface area (Å²) in [6, 6.07) is 12.0. The number of amides is 1. The molecular weight excluding hydrogens is 423 g/mol. The molecule has 1 heterocycles. The molecule has 0 aliphatic heterocycles. The van der Waals surface area contributed by atoms with E-state index in [2.05, 4.69) is 10.4 Å². The number of nitrogens with two attached hydrogens (primary N) is 1. The third-order valence-electron chi connectivity index (χ3n) is 4.54. The van der Waals surface area contributed by atoms with E-state index in [1.807, 2.05) is 37.3 Å².